The van der Waals surface area contributed by atoms with Gasteiger partial charge in [-0.3, -0.25) is 4.79 Å². The minimum absolute atomic E-state index is 0.0388. The number of amides is 1. The standard InChI is InChI=1S/C13H15ClFNO/c14-11-5-4-9(12(15)8-11)7-10-3-1-2-6-16-13(10)17/h4-5,8,10H,1-3,6-7H2,(H,16,17). The van der Waals surface area contributed by atoms with Crippen molar-refractivity contribution in [2.75, 3.05) is 6.54 Å². The highest BCUT2D eigenvalue weighted by Gasteiger charge is 2.22. The van der Waals surface area contributed by atoms with Gasteiger partial charge in [0, 0.05) is 17.5 Å². The molecule has 17 heavy (non-hydrogen) atoms. The third kappa shape index (κ3) is 3.19. The average molecular weight is 256 g/mol. The van der Waals surface area contributed by atoms with Crippen molar-refractivity contribution >= 4 is 17.5 Å². The molecule has 92 valence electrons. The summed E-state index contributed by atoms with van der Waals surface area (Å²) in [5.74, 6) is -0.403. The summed E-state index contributed by atoms with van der Waals surface area (Å²) in [5, 5.41) is 3.24. The van der Waals surface area contributed by atoms with E-state index in [2.05, 4.69) is 5.32 Å². The van der Waals surface area contributed by atoms with Crippen molar-refractivity contribution in [2.24, 2.45) is 5.92 Å². The van der Waals surface area contributed by atoms with Gasteiger partial charge in [-0.1, -0.05) is 24.1 Å². The molecule has 0 aromatic heterocycles. The molecule has 1 fully saturated rings. The molecule has 2 rings (SSSR count). The van der Waals surface area contributed by atoms with Gasteiger partial charge in [0.05, 0.1) is 0 Å². The SMILES string of the molecule is O=C1NCCCCC1Cc1ccc(Cl)cc1F. The van der Waals surface area contributed by atoms with Gasteiger partial charge in [0.1, 0.15) is 5.82 Å². The molecule has 1 unspecified atom stereocenters. The Kier molecular flexibility index (Phi) is 4.00. The molecule has 1 aromatic carbocycles. The van der Waals surface area contributed by atoms with Crippen molar-refractivity contribution in [3.63, 3.8) is 0 Å². The lowest BCUT2D eigenvalue weighted by Crippen LogP contribution is -2.30. The Labute approximate surface area is 105 Å². The second kappa shape index (κ2) is 5.50. The van der Waals surface area contributed by atoms with Crippen LogP contribution in [0.15, 0.2) is 18.2 Å². The molecule has 4 heteroatoms. The fourth-order valence-electron chi connectivity index (χ4n) is 2.15. The first-order valence-corrected chi connectivity index (χ1v) is 6.26. The zero-order chi connectivity index (χ0) is 12.3. The van der Waals surface area contributed by atoms with Gasteiger partial charge in [0.2, 0.25) is 5.91 Å². The first-order valence-electron chi connectivity index (χ1n) is 5.88. The number of nitrogens with one attached hydrogen (secondary N) is 1. The van der Waals surface area contributed by atoms with E-state index in [4.69, 9.17) is 11.6 Å². The highest BCUT2D eigenvalue weighted by Crippen LogP contribution is 2.21. The fourth-order valence-corrected chi connectivity index (χ4v) is 2.31. The van der Waals surface area contributed by atoms with Crippen LogP contribution in [0.25, 0.3) is 0 Å². The molecular weight excluding hydrogens is 241 g/mol. The molecule has 0 bridgehead atoms. The van der Waals surface area contributed by atoms with Crippen LogP contribution in [0, 0.1) is 11.7 Å². The molecule has 0 aliphatic carbocycles. The number of hydrogen-bond donors (Lipinski definition) is 1. The van der Waals surface area contributed by atoms with E-state index >= 15 is 0 Å². The molecule has 1 aliphatic heterocycles. The number of rotatable bonds is 2. The number of hydrogen-bond acceptors (Lipinski definition) is 1. The molecule has 1 amide bonds. The minimum atomic E-state index is -0.324. The van der Waals surface area contributed by atoms with E-state index in [0.29, 0.717) is 17.0 Å². The van der Waals surface area contributed by atoms with Crippen LogP contribution in [0.4, 0.5) is 4.39 Å². The molecule has 0 spiro atoms. The summed E-state index contributed by atoms with van der Waals surface area (Å²) in [7, 11) is 0. The Bertz CT molecular complexity index is 422. The van der Waals surface area contributed by atoms with Gasteiger partial charge in [-0.2, -0.15) is 0 Å². The smallest absolute Gasteiger partial charge is 0.223 e. The molecule has 1 atom stereocenters. The number of carbonyl (C=O) groups excluding carboxylic acids is 1. The summed E-state index contributed by atoms with van der Waals surface area (Å²) in [6.07, 6.45) is 3.30. The maximum Gasteiger partial charge on any atom is 0.223 e. The van der Waals surface area contributed by atoms with E-state index in [0.717, 1.165) is 25.8 Å². The van der Waals surface area contributed by atoms with Crippen LogP contribution < -0.4 is 5.32 Å². The molecular formula is C13H15ClFNO. The van der Waals surface area contributed by atoms with E-state index in [1.807, 2.05) is 0 Å². The van der Waals surface area contributed by atoms with Gasteiger partial charge >= 0.3 is 0 Å². The van der Waals surface area contributed by atoms with Gasteiger partial charge < -0.3 is 5.32 Å². The number of carbonyl (C=O) groups is 1. The molecule has 1 N–H and O–H groups in total. The quantitative estimate of drug-likeness (QED) is 0.865. The predicted octanol–water partition coefficient (Wildman–Crippen LogP) is 2.94. The summed E-state index contributed by atoms with van der Waals surface area (Å²) >= 11 is 5.70. The lowest BCUT2D eigenvalue weighted by Gasteiger charge is -2.13. The van der Waals surface area contributed by atoms with Crippen molar-refractivity contribution < 1.29 is 9.18 Å². The first-order chi connectivity index (χ1) is 8.16. The molecule has 1 aromatic rings. The Balaban J connectivity index is 2.10. The maximum absolute atomic E-state index is 13.6. The summed E-state index contributed by atoms with van der Waals surface area (Å²) in [6, 6.07) is 4.62. The van der Waals surface area contributed by atoms with Crippen LogP contribution in [0.5, 0.6) is 0 Å². The Morgan fingerprint density at radius 3 is 3.00 bits per heavy atom. The van der Waals surface area contributed by atoms with Crippen molar-refractivity contribution in [1.82, 2.24) is 5.32 Å². The predicted molar refractivity (Wildman–Crippen MR) is 65.5 cm³/mol. The summed E-state index contributed by atoms with van der Waals surface area (Å²) in [6.45, 7) is 0.735. The van der Waals surface area contributed by atoms with Gasteiger partial charge in [-0.05, 0) is 37.0 Å². The molecule has 0 radical (unpaired) electrons. The average Bonchev–Trinajstić information content (AvgIpc) is 2.48. The molecule has 1 saturated heterocycles. The van der Waals surface area contributed by atoms with Crippen molar-refractivity contribution in [3.05, 3.63) is 34.6 Å². The summed E-state index contributed by atoms with van der Waals surface area (Å²) in [4.78, 5) is 11.7. The molecule has 2 nitrogen and oxygen atoms in total. The summed E-state index contributed by atoms with van der Waals surface area (Å²) < 4.78 is 13.6. The topological polar surface area (TPSA) is 29.1 Å². The van der Waals surface area contributed by atoms with Crippen LogP contribution in [0.1, 0.15) is 24.8 Å². The van der Waals surface area contributed by atoms with Gasteiger partial charge in [-0.15, -0.1) is 0 Å². The Morgan fingerprint density at radius 1 is 1.41 bits per heavy atom. The van der Waals surface area contributed by atoms with E-state index < -0.39 is 0 Å². The lowest BCUT2D eigenvalue weighted by molar-refractivity contribution is -0.124. The van der Waals surface area contributed by atoms with Crippen LogP contribution in [0.3, 0.4) is 0 Å². The van der Waals surface area contributed by atoms with E-state index in [-0.39, 0.29) is 17.6 Å². The number of benzene rings is 1. The summed E-state index contributed by atoms with van der Waals surface area (Å²) in [5.41, 5.74) is 0.566. The highest BCUT2D eigenvalue weighted by atomic mass is 35.5. The molecule has 1 heterocycles. The van der Waals surface area contributed by atoms with Gasteiger partial charge in [0.15, 0.2) is 0 Å². The first kappa shape index (κ1) is 12.4. The van der Waals surface area contributed by atoms with Crippen molar-refractivity contribution in [3.8, 4) is 0 Å². The van der Waals surface area contributed by atoms with E-state index in [1.165, 1.54) is 6.07 Å². The lowest BCUT2D eigenvalue weighted by atomic mass is 9.94. The fraction of sp³-hybridized carbons (Fsp3) is 0.462. The zero-order valence-electron chi connectivity index (χ0n) is 9.51. The Morgan fingerprint density at radius 2 is 2.24 bits per heavy atom. The second-order valence-electron chi connectivity index (χ2n) is 4.42. The number of halogens is 2. The monoisotopic (exact) mass is 255 g/mol. The maximum atomic E-state index is 13.6. The van der Waals surface area contributed by atoms with Crippen molar-refractivity contribution in [1.29, 1.82) is 0 Å². The normalized spacial score (nSPS) is 20.8. The Hall–Kier alpha value is -1.09. The zero-order valence-corrected chi connectivity index (χ0v) is 10.3. The van der Waals surface area contributed by atoms with Crippen LogP contribution in [0.2, 0.25) is 5.02 Å². The minimum Gasteiger partial charge on any atom is -0.356 e. The van der Waals surface area contributed by atoms with Crippen molar-refractivity contribution in [2.45, 2.75) is 25.7 Å². The van der Waals surface area contributed by atoms with E-state index in [1.54, 1.807) is 12.1 Å². The third-order valence-electron chi connectivity index (χ3n) is 3.13. The van der Waals surface area contributed by atoms with Crippen LogP contribution in [-0.2, 0) is 11.2 Å². The third-order valence-corrected chi connectivity index (χ3v) is 3.37. The molecule has 1 aliphatic rings. The van der Waals surface area contributed by atoms with Crippen LogP contribution >= 0.6 is 11.6 Å². The highest BCUT2D eigenvalue weighted by molar-refractivity contribution is 6.30. The second-order valence-corrected chi connectivity index (χ2v) is 4.86. The van der Waals surface area contributed by atoms with E-state index in [9.17, 15) is 9.18 Å². The largest absolute Gasteiger partial charge is 0.356 e. The van der Waals surface area contributed by atoms with Crippen LogP contribution in [-0.4, -0.2) is 12.5 Å². The molecule has 0 saturated carbocycles. The van der Waals surface area contributed by atoms with Gasteiger partial charge in [0.25, 0.3) is 0 Å². The van der Waals surface area contributed by atoms with Gasteiger partial charge in [-0.25, -0.2) is 4.39 Å².